The van der Waals surface area contributed by atoms with Gasteiger partial charge < -0.3 is 10.2 Å². The first-order valence-electron chi connectivity index (χ1n) is 13.0. The third kappa shape index (κ3) is 7.77. The van der Waals surface area contributed by atoms with Gasteiger partial charge in [0, 0.05) is 23.1 Å². The Labute approximate surface area is 247 Å². The van der Waals surface area contributed by atoms with E-state index in [1.165, 1.54) is 23.1 Å². The minimum atomic E-state index is -4.18. The number of halogens is 2. The van der Waals surface area contributed by atoms with Gasteiger partial charge in [-0.05, 0) is 68.1 Å². The second-order valence-corrected chi connectivity index (χ2v) is 12.9. The average molecular weight is 605 g/mol. The van der Waals surface area contributed by atoms with Gasteiger partial charge in [-0.25, -0.2) is 8.42 Å². The van der Waals surface area contributed by atoms with E-state index in [4.69, 9.17) is 23.2 Å². The highest BCUT2D eigenvalue weighted by Crippen LogP contribution is 2.29. The van der Waals surface area contributed by atoms with E-state index >= 15 is 0 Å². The van der Waals surface area contributed by atoms with E-state index in [2.05, 4.69) is 5.32 Å². The molecule has 10 heteroatoms. The molecule has 0 bridgehead atoms. The van der Waals surface area contributed by atoms with Crippen molar-refractivity contribution < 1.29 is 18.0 Å². The lowest BCUT2D eigenvalue weighted by Gasteiger charge is -2.32. The molecule has 1 unspecified atom stereocenters. The SMILES string of the molecule is Cc1ccc(S(=O)(=O)N(CC(=O)N(Cc2ccccc2Cl)C(C)C(=O)NCC(C)C)c2ccc(C)c(Cl)c2)cc1. The van der Waals surface area contributed by atoms with Gasteiger partial charge in [0.2, 0.25) is 11.8 Å². The summed E-state index contributed by atoms with van der Waals surface area (Å²) in [5.41, 5.74) is 2.53. The van der Waals surface area contributed by atoms with Gasteiger partial charge in [0.25, 0.3) is 10.0 Å². The number of carbonyl (C=O) groups excluding carboxylic acids is 2. The van der Waals surface area contributed by atoms with Crippen molar-refractivity contribution in [1.29, 1.82) is 0 Å². The van der Waals surface area contributed by atoms with E-state index in [-0.39, 0.29) is 29.0 Å². The summed E-state index contributed by atoms with van der Waals surface area (Å²) in [5.74, 6) is -0.703. The summed E-state index contributed by atoms with van der Waals surface area (Å²) in [4.78, 5) is 28.4. The number of anilines is 1. The number of hydrogen-bond donors (Lipinski definition) is 1. The lowest BCUT2D eigenvalue weighted by Crippen LogP contribution is -2.51. The summed E-state index contributed by atoms with van der Waals surface area (Å²) in [5, 5.41) is 3.66. The van der Waals surface area contributed by atoms with E-state index in [0.717, 1.165) is 15.4 Å². The van der Waals surface area contributed by atoms with Crippen molar-refractivity contribution >= 4 is 50.7 Å². The van der Waals surface area contributed by atoms with Crippen LogP contribution in [-0.4, -0.2) is 44.3 Å². The number of amides is 2. The van der Waals surface area contributed by atoms with E-state index in [9.17, 15) is 18.0 Å². The lowest BCUT2D eigenvalue weighted by molar-refractivity contribution is -0.139. The van der Waals surface area contributed by atoms with Crippen LogP contribution in [0.1, 0.15) is 37.5 Å². The van der Waals surface area contributed by atoms with E-state index in [1.807, 2.05) is 20.8 Å². The van der Waals surface area contributed by atoms with Crippen LogP contribution in [0.3, 0.4) is 0 Å². The van der Waals surface area contributed by atoms with Gasteiger partial charge in [-0.1, -0.05) is 79.0 Å². The number of carbonyl (C=O) groups is 2. The van der Waals surface area contributed by atoms with E-state index < -0.39 is 28.5 Å². The molecule has 0 saturated heterocycles. The number of hydrogen-bond acceptors (Lipinski definition) is 4. The van der Waals surface area contributed by atoms with Crippen LogP contribution in [0.25, 0.3) is 0 Å². The van der Waals surface area contributed by atoms with Crippen LogP contribution in [0.5, 0.6) is 0 Å². The first-order chi connectivity index (χ1) is 18.8. The van der Waals surface area contributed by atoms with Crippen LogP contribution in [0.2, 0.25) is 10.0 Å². The van der Waals surface area contributed by atoms with Crippen molar-refractivity contribution in [3.05, 3.63) is 93.5 Å². The Hall–Kier alpha value is -3.07. The zero-order valence-corrected chi connectivity index (χ0v) is 25.6. The molecule has 0 aliphatic heterocycles. The molecule has 0 heterocycles. The molecule has 0 aromatic heterocycles. The van der Waals surface area contributed by atoms with Crippen molar-refractivity contribution in [2.24, 2.45) is 5.92 Å². The molecule has 7 nitrogen and oxygen atoms in total. The zero-order valence-electron chi connectivity index (χ0n) is 23.3. The lowest BCUT2D eigenvalue weighted by atomic mass is 10.1. The zero-order chi connectivity index (χ0) is 29.6. The number of benzene rings is 3. The first kappa shape index (κ1) is 31.5. The predicted molar refractivity (Wildman–Crippen MR) is 161 cm³/mol. The maximum absolute atomic E-state index is 14.0. The molecule has 0 saturated carbocycles. The highest BCUT2D eigenvalue weighted by Gasteiger charge is 2.33. The Morgan fingerprint density at radius 3 is 2.15 bits per heavy atom. The normalized spacial score (nSPS) is 12.2. The molecule has 0 radical (unpaired) electrons. The molecule has 0 fully saturated rings. The van der Waals surface area contributed by atoms with Crippen molar-refractivity contribution in [1.82, 2.24) is 10.2 Å². The highest BCUT2D eigenvalue weighted by atomic mass is 35.5. The number of sulfonamides is 1. The molecule has 0 aliphatic rings. The largest absolute Gasteiger partial charge is 0.354 e. The fraction of sp³-hybridized carbons (Fsp3) is 0.333. The Morgan fingerprint density at radius 2 is 1.55 bits per heavy atom. The summed E-state index contributed by atoms with van der Waals surface area (Å²) in [6, 6.07) is 17.3. The monoisotopic (exact) mass is 603 g/mol. The minimum Gasteiger partial charge on any atom is -0.354 e. The molecule has 0 spiro atoms. The molecule has 3 aromatic rings. The number of rotatable bonds is 11. The molecular weight excluding hydrogens is 569 g/mol. The van der Waals surface area contributed by atoms with Gasteiger partial charge in [0.1, 0.15) is 12.6 Å². The maximum atomic E-state index is 14.0. The van der Waals surface area contributed by atoms with Crippen LogP contribution in [0.15, 0.2) is 71.6 Å². The summed E-state index contributed by atoms with van der Waals surface area (Å²) >= 11 is 12.8. The predicted octanol–water partition coefficient (Wildman–Crippen LogP) is 6.00. The molecule has 40 heavy (non-hydrogen) atoms. The molecular formula is C30H35Cl2N3O4S. The van der Waals surface area contributed by atoms with Crippen LogP contribution in [-0.2, 0) is 26.2 Å². The first-order valence-corrected chi connectivity index (χ1v) is 15.2. The Kier molecular flexibility index (Phi) is 10.6. The van der Waals surface area contributed by atoms with Crippen LogP contribution < -0.4 is 9.62 Å². The molecule has 2 amide bonds. The smallest absolute Gasteiger partial charge is 0.264 e. The molecule has 3 rings (SSSR count). The molecule has 0 aliphatic carbocycles. The Balaban J connectivity index is 2.05. The Morgan fingerprint density at radius 1 is 0.900 bits per heavy atom. The third-order valence-corrected chi connectivity index (χ3v) is 9.05. The topological polar surface area (TPSA) is 86.8 Å². The fourth-order valence-electron chi connectivity index (χ4n) is 3.95. The van der Waals surface area contributed by atoms with Crippen molar-refractivity contribution in [3.8, 4) is 0 Å². The standard InChI is InChI=1S/C30H35Cl2N3O4S/c1-20(2)17-33-30(37)23(5)34(18-24-8-6-7-9-27(24)31)29(36)19-35(25-13-12-22(4)28(32)16-25)40(38,39)26-14-10-21(3)11-15-26/h6-16,20,23H,17-19H2,1-5H3,(H,33,37). The highest BCUT2D eigenvalue weighted by molar-refractivity contribution is 7.92. The van der Waals surface area contributed by atoms with Crippen molar-refractivity contribution in [2.75, 3.05) is 17.4 Å². The van der Waals surface area contributed by atoms with Gasteiger partial charge in [0.05, 0.1) is 10.6 Å². The number of nitrogens with one attached hydrogen (secondary N) is 1. The molecule has 214 valence electrons. The van der Waals surface area contributed by atoms with Gasteiger partial charge >= 0.3 is 0 Å². The maximum Gasteiger partial charge on any atom is 0.264 e. The van der Waals surface area contributed by atoms with Gasteiger partial charge in [0.15, 0.2) is 0 Å². The second kappa shape index (κ2) is 13.5. The number of aryl methyl sites for hydroxylation is 2. The second-order valence-electron chi connectivity index (χ2n) is 10.2. The summed E-state index contributed by atoms with van der Waals surface area (Å²) in [7, 11) is -4.18. The fourth-order valence-corrected chi connectivity index (χ4v) is 5.72. The summed E-state index contributed by atoms with van der Waals surface area (Å²) in [6.07, 6.45) is 0. The van der Waals surface area contributed by atoms with Gasteiger partial charge in [-0.3, -0.25) is 13.9 Å². The summed E-state index contributed by atoms with van der Waals surface area (Å²) in [6.45, 7) is 9.12. The van der Waals surface area contributed by atoms with Crippen LogP contribution in [0, 0.1) is 19.8 Å². The summed E-state index contributed by atoms with van der Waals surface area (Å²) < 4.78 is 28.8. The van der Waals surface area contributed by atoms with Gasteiger partial charge in [-0.2, -0.15) is 0 Å². The van der Waals surface area contributed by atoms with Crippen LogP contribution >= 0.6 is 23.2 Å². The quantitative estimate of drug-likeness (QED) is 0.291. The van der Waals surface area contributed by atoms with Gasteiger partial charge in [-0.15, -0.1) is 0 Å². The molecule has 3 aromatic carbocycles. The van der Waals surface area contributed by atoms with Crippen molar-refractivity contribution in [2.45, 2.75) is 52.1 Å². The minimum absolute atomic E-state index is 0.0157. The van der Waals surface area contributed by atoms with E-state index in [0.29, 0.717) is 22.2 Å². The molecule has 1 N–H and O–H groups in total. The van der Waals surface area contributed by atoms with E-state index in [1.54, 1.807) is 62.4 Å². The molecule has 1 atom stereocenters. The Bertz CT molecular complexity index is 1460. The van der Waals surface area contributed by atoms with Crippen LogP contribution in [0.4, 0.5) is 5.69 Å². The van der Waals surface area contributed by atoms with Crippen molar-refractivity contribution in [3.63, 3.8) is 0 Å². The number of nitrogens with zero attached hydrogens (tertiary/aromatic N) is 2. The third-order valence-electron chi connectivity index (χ3n) is 6.48. The average Bonchev–Trinajstić information content (AvgIpc) is 2.91.